The molecule has 32 heavy (non-hydrogen) atoms. The molecule has 0 saturated carbocycles. The van der Waals surface area contributed by atoms with Crippen LogP contribution in [0.15, 0.2) is 35.5 Å². The predicted octanol–water partition coefficient (Wildman–Crippen LogP) is 2.61. The van der Waals surface area contributed by atoms with Crippen molar-refractivity contribution in [3.8, 4) is 0 Å². The number of urea groups is 1. The van der Waals surface area contributed by atoms with Gasteiger partial charge in [-0.25, -0.2) is 14.0 Å². The fourth-order valence-corrected chi connectivity index (χ4v) is 4.20. The third-order valence-electron chi connectivity index (χ3n) is 5.79. The smallest absolute Gasteiger partial charge is 0.338 e. The molecule has 2 atom stereocenters. The summed E-state index contributed by atoms with van der Waals surface area (Å²) in [5, 5.41) is 2.72. The summed E-state index contributed by atoms with van der Waals surface area (Å²) < 4.78 is 25.1. The summed E-state index contributed by atoms with van der Waals surface area (Å²) in [5.41, 5.74) is 0.819. The Morgan fingerprint density at radius 1 is 1.19 bits per heavy atom. The normalized spacial score (nSPS) is 21.9. The van der Waals surface area contributed by atoms with Gasteiger partial charge in [-0.3, -0.25) is 14.6 Å². The van der Waals surface area contributed by atoms with Gasteiger partial charge in [0.25, 0.3) is 0 Å². The molecule has 2 amide bonds. The molecule has 2 aliphatic rings. The second-order valence-corrected chi connectivity index (χ2v) is 7.87. The highest BCUT2D eigenvalue weighted by Crippen LogP contribution is 2.33. The van der Waals surface area contributed by atoms with Crippen molar-refractivity contribution in [3.05, 3.63) is 46.9 Å². The highest BCUT2D eigenvalue weighted by Gasteiger charge is 2.39. The molecule has 0 unspecified atom stereocenters. The highest BCUT2D eigenvalue weighted by atomic mass is 19.1. The number of piperidine rings is 1. The topological polar surface area (TPSA) is 88.2 Å². The van der Waals surface area contributed by atoms with Crippen molar-refractivity contribution in [2.24, 2.45) is 5.92 Å². The number of likely N-dealkylation sites (N-methyl/N-ethyl adjacent to an activating group) is 1. The van der Waals surface area contributed by atoms with Crippen molar-refractivity contribution in [2.75, 3.05) is 39.9 Å². The van der Waals surface area contributed by atoms with Crippen LogP contribution in [-0.4, -0.2) is 67.7 Å². The molecule has 1 aromatic rings. The molecular formula is C23H30FN3O5. The number of carbonyl (C=O) groups is 3. The van der Waals surface area contributed by atoms with E-state index in [1.54, 1.807) is 39.1 Å². The first-order valence-electron chi connectivity index (χ1n) is 10.9. The van der Waals surface area contributed by atoms with Crippen molar-refractivity contribution >= 4 is 18.0 Å². The molecule has 3 rings (SSSR count). The summed E-state index contributed by atoms with van der Waals surface area (Å²) in [6.07, 6.45) is 1.52. The third-order valence-corrected chi connectivity index (χ3v) is 5.79. The van der Waals surface area contributed by atoms with Crippen LogP contribution in [0.4, 0.5) is 9.18 Å². The zero-order valence-electron chi connectivity index (χ0n) is 18.7. The van der Waals surface area contributed by atoms with Gasteiger partial charge in [-0.15, -0.1) is 0 Å². The van der Waals surface area contributed by atoms with E-state index in [2.05, 4.69) is 5.32 Å². The average Bonchev–Trinajstić information content (AvgIpc) is 2.77. The Morgan fingerprint density at radius 2 is 1.91 bits per heavy atom. The van der Waals surface area contributed by atoms with E-state index in [-0.39, 0.29) is 36.2 Å². The van der Waals surface area contributed by atoms with Crippen LogP contribution >= 0.6 is 0 Å². The van der Waals surface area contributed by atoms with E-state index in [0.717, 1.165) is 12.8 Å². The lowest BCUT2D eigenvalue weighted by molar-refractivity contribution is -0.150. The Hall–Kier alpha value is -2.94. The lowest BCUT2D eigenvalue weighted by atomic mass is 9.93. The first kappa shape index (κ1) is 23.7. The molecule has 0 spiro atoms. The largest absolute Gasteiger partial charge is 0.466 e. The second kappa shape index (κ2) is 10.6. The number of nitrogens with one attached hydrogen (secondary N) is 1. The van der Waals surface area contributed by atoms with Gasteiger partial charge in [0, 0.05) is 31.4 Å². The van der Waals surface area contributed by atoms with E-state index in [1.165, 1.54) is 11.0 Å². The molecule has 174 valence electrons. The summed E-state index contributed by atoms with van der Waals surface area (Å²) >= 11 is 0. The Kier molecular flexibility index (Phi) is 7.84. The van der Waals surface area contributed by atoms with Gasteiger partial charge in [-0.05, 0) is 39.3 Å². The van der Waals surface area contributed by atoms with E-state index in [9.17, 15) is 18.8 Å². The number of hydrogen-bond donors (Lipinski definition) is 1. The minimum atomic E-state index is -0.973. The summed E-state index contributed by atoms with van der Waals surface area (Å²) in [6.45, 7) is 5.34. The first-order chi connectivity index (χ1) is 15.4. The molecule has 2 aliphatic heterocycles. The minimum Gasteiger partial charge on any atom is -0.466 e. The molecule has 0 bridgehead atoms. The van der Waals surface area contributed by atoms with Crippen LogP contribution in [0.1, 0.15) is 38.3 Å². The lowest BCUT2D eigenvalue weighted by Crippen LogP contribution is -2.50. The Labute approximate surface area is 187 Å². The van der Waals surface area contributed by atoms with E-state index >= 15 is 0 Å². The molecule has 1 aromatic carbocycles. The molecule has 8 nitrogen and oxygen atoms in total. The predicted molar refractivity (Wildman–Crippen MR) is 115 cm³/mol. The van der Waals surface area contributed by atoms with Crippen molar-refractivity contribution < 1.29 is 28.2 Å². The monoisotopic (exact) mass is 447 g/mol. The molecule has 1 N–H and O–H groups in total. The number of nitrogens with zero attached hydrogens (tertiary/aromatic N) is 2. The molecule has 0 aromatic heterocycles. The Morgan fingerprint density at radius 3 is 2.59 bits per heavy atom. The van der Waals surface area contributed by atoms with Crippen molar-refractivity contribution in [2.45, 2.75) is 32.7 Å². The molecule has 0 aliphatic carbocycles. The van der Waals surface area contributed by atoms with Crippen LogP contribution < -0.4 is 5.32 Å². The number of carbonyl (C=O) groups excluding carboxylic acids is 3. The zero-order chi connectivity index (χ0) is 23.3. The molecule has 1 saturated heterocycles. The SMILES string of the molecule is CCOC(=O)C1=C(CN2CCC[C@@H](C(=O)OCC)C2)N(C)C(=O)N[C@@H]1c1ccccc1F. The van der Waals surface area contributed by atoms with Crippen LogP contribution in [0.2, 0.25) is 0 Å². The molecular weight excluding hydrogens is 417 g/mol. The first-order valence-corrected chi connectivity index (χ1v) is 10.9. The van der Waals surface area contributed by atoms with Crippen LogP contribution in [0, 0.1) is 11.7 Å². The van der Waals surface area contributed by atoms with Gasteiger partial charge in [0.2, 0.25) is 0 Å². The van der Waals surface area contributed by atoms with Crippen LogP contribution in [0.25, 0.3) is 0 Å². The summed E-state index contributed by atoms with van der Waals surface area (Å²) in [5.74, 6) is -1.64. The van der Waals surface area contributed by atoms with Crippen molar-refractivity contribution in [1.82, 2.24) is 15.1 Å². The second-order valence-electron chi connectivity index (χ2n) is 7.87. The molecule has 9 heteroatoms. The van der Waals surface area contributed by atoms with E-state index < -0.39 is 23.9 Å². The number of likely N-dealkylation sites (tertiary alicyclic amines) is 1. The van der Waals surface area contributed by atoms with Crippen molar-refractivity contribution in [1.29, 1.82) is 0 Å². The average molecular weight is 448 g/mol. The summed E-state index contributed by atoms with van der Waals surface area (Å²) in [7, 11) is 1.56. The van der Waals surface area contributed by atoms with Crippen molar-refractivity contribution in [3.63, 3.8) is 0 Å². The number of rotatable bonds is 7. The Balaban J connectivity index is 1.98. The highest BCUT2D eigenvalue weighted by molar-refractivity contribution is 5.95. The maximum atomic E-state index is 14.6. The Bertz CT molecular complexity index is 903. The third kappa shape index (κ3) is 5.09. The number of benzene rings is 1. The van der Waals surface area contributed by atoms with Gasteiger partial charge in [0.15, 0.2) is 0 Å². The van der Waals surface area contributed by atoms with Gasteiger partial charge in [0.1, 0.15) is 5.82 Å². The number of hydrogen-bond acceptors (Lipinski definition) is 6. The van der Waals surface area contributed by atoms with Gasteiger partial charge < -0.3 is 14.8 Å². The fraction of sp³-hybridized carbons (Fsp3) is 0.522. The maximum Gasteiger partial charge on any atom is 0.338 e. The number of halogens is 1. The van der Waals surface area contributed by atoms with Gasteiger partial charge >= 0.3 is 18.0 Å². The maximum absolute atomic E-state index is 14.6. The standard InChI is InChI=1S/C23H30FN3O5/c1-4-31-21(28)15-9-8-12-27(13-15)14-18-19(22(29)32-5-2)20(25-23(30)26(18)3)16-10-6-7-11-17(16)24/h6-7,10-11,15,20H,4-5,8-9,12-14H2,1-3H3,(H,25,30)/t15-,20-/m1/s1. The fourth-order valence-electron chi connectivity index (χ4n) is 4.20. The quantitative estimate of drug-likeness (QED) is 0.647. The van der Waals surface area contributed by atoms with Crippen LogP contribution in [-0.2, 0) is 19.1 Å². The number of amides is 2. The molecule has 0 radical (unpaired) electrons. The zero-order valence-corrected chi connectivity index (χ0v) is 18.7. The van der Waals surface area contributed by atoms with Gasteiger partial charge in [-0.1, -0.05) is 18.2 Å². The van der Waals surface area contributed by atoms with E-state index in [1.807, 2.05) is 4.90 Å². The lowest BCUT2D eigenvalue weighted by Gasteiger charge is -2.38. The minimum absolute atomic E-state index is 0.145. The van der Waals surface area contributed by atoms with E-state index in [4.69, 9.17) is 9.47 Å². The number of esters is 2. The molecule has 1 fully saturated rings. The number of ether oxygens (including phenoxy) is 2. The van der Waals surface area contributed by atoms with Crippen LogP contribution in [0.3, 0.4) is 0 Å². The summed E-state index contributed by atoms with van der Waals surface area (Å²) in [6, 6.07) is 4.62. The van der Waals surface area contributed by atoms with Crippen LogP contribution in [0.5, 0.6) is 0 Å². The van der Waals surface area contributed by atoms with E-state index in [0.29, 0.717) is 25.4 Å². The van der Waals surface area contributed by atoms with Gasteiger partial charge in [-0.2, -0.15) is 0 Å². The van der Waals surface area contributed by atoms with Gasteiger partial charge in [0.05, 0.1) is 30.7 Å². The summed E-state index contributed by atoms with van der Waals surface area (Å²) in [4.78, 5) is 41.3. The molecule has 2 heterocycles.